The fourth-order valence-electron chi connectivity index (χ4n) is 1.54. The summed E-state index contributed by atoms with van der Waals surface area (Å²) in [4.78, 5) is 31.2. The van der Waals surface area contributed by atoms with E-state index in [1.54, 1.807) is 0 Å². The summed E-state index contributed by atoms with van der Waals surface area (Å²) in [6.07, 6.45) is 5.82. The Labute approximate surface area is 107 Å². The van der Waals surface area contributed by atoms with Crippen molar-refractivity contribution >= 4 is 12.2 Å². The molecule has 0 saturated carbocycles. The van der Waals surface area contributed by atoms with Crippen molar-refractivity contribution in [3.8, 4) is 0 Å². The maximum absolute atomic E-state index is 11.4. The summed E-state index contributed by atoms with van der Waals surface area (Å²) < 4.78 is 0. The number of carbonyl (C=O) groups is 2. The summed E-state index contributed by atoms with van der Waals surface area (Å²) in [5.74, 6) is -0.399. The van der Waals surface area contributed by atoms with Gasteiger partial charge in [-0.2, -0.15) is 9.97 Å². The molecule has 0 aromatic rings. The van der Waals surface area contributed by atoms with Crippen LogP contribution in [-0.4, -0.2) is 30.3 Å². The molecule has 0 aromatic carbocycles. The standard InChI is InChI=1S/C12H21N2O4/c15-11-7-2-1-6-10-14(18)12(16)8-4-3-5-9-13-17/h11H,1-10H2. The van der Waals surface area contributed by atoms with Crippen LogP contribution >= 0.6 is 0 Å². The van der Waals surface area contributed by atoms with Gasteiger partial charge in [0.05, 0.1) is 13.1 Å². The molecule has 6 nitrogen and oxygen atoms in total. The van der Waals surface area contributed by atoms with Crippen molar-refractivity contribution in [1.29, 1.82) is 0 Å². The maximum atomic E-state index is 11.4. The van der Waals surface area contributed by atoms with Crippen molar-refractivity contribution in [3.05, 3.63) is 4.91 Å². The van der Waals surface area contributed by atoms with E-state index in [1.807, 2.05) is 0 Å². The third kappa shape index (κ3) is 9.89. The summed E-state index contributed by atoms with van der Waals surface area (Å²) in [6, 6.07) is 0. The van der Waals surface area contributed by atoms with E-state index in [0.717, 1.165) is 25.5 Å². The van der Waals surface area contributed by atoms with Crippen LogP contribution in [0.1, 0.15) is 51.4 Å². The highest BCUT2D eigenvalue weighted by Crippen LogP contribution is 2.05. The summed E-state index contributed by atoms with van der Waals surface area (Å²) in [6.45, 7) is 0.472. The van der Waals surface area contributed by atoms with Gasteiger partial charge in [-0.1, -0.05) is 23.2 Å². The van der Waals surface area contributed by atoms with Crippen LogP contribution in [0, 0.1) is 4.91 Å². The van der Waals surface area contributed by atoms with Crippen molar-refractivity contribution in [2.24, 2.45) is 5.18 Å². The number of nitrogens with zero attached hydrogens (tertiary/aromatic N) is 2. The molecule has 0 bridgehead atoms. The first-order valence-electron chi connectivity index (χ1n) is 6.42. The van der Waals surface area contributed by atoms with Gasteiger partial charge in [0.2, 0.25) is 5.91 Å². The molecule has 103 valence electrons. The molecular formula is C12H21N2O4. The van der Waals surface area contributed by atoms with E-state index >= 15 is 0 Å². The first kappa shape index (κ1) is 16.7. The fraction of sp³-hybridized carbons (Fsp3) is 0.833. The van der Waals surface area contributed by atoms with E-state index < -0.39 is 5.91 Å². The van der Waals surface area contributed by atoms with Crippen molar-refractivity contribution in [1.82, 2.24) is 5.06 Å². The van der Waals surface area contributed by atoms with Crippen LogP contribution in [0.3, 0.4) is 0 Å². The van der Waals surface area contributed by atoms with Crippen molar-refractivity contribution in [3.63, 3.8) is 0 Å². The van der Waals surface area contributed by atoms with Gasteiger partial charge in [-0.15, -0.1) is 0 Å². The molecule has 0 aliphatic carbocycles. The van der Waals surface area contributed by atoms with Crippen LogP contribution in [0.5, 0.6) is 0 Å². The summed E-state index contributed by atoms with van der Waals surface area (Å²) in [5.41, 5.74) is 0. The van der Waals surface area contributed by atoms with Crippen LogP contribution in [0.15, 0.2) is 5.18 Å². The Morgan fingerprint density at radius 1 is 1.06 bits per heavy atom. The van der Waals surface area contributed by atoms with Gasteiger partial charge in [0.25, 0.3) is 0 Å². The van der Waals surface area contributed by atoms with Crippen molar-refractivity contribution < 1.29 is 14.8 Å². The first-order chi connectivity index (χ1) is 8.72. The zero-order chi connectivity index (χ0) is 13.6. The summed E-state index contributed by atoms with van der Waals surface area (Å²) >= 11 is 0. The molecule has 0 heterocycles. The van der Waals surface area contributed by atoms with Gasteiger partial charge in [0, 0.05) is 12.8 Å². The van der Waals surface area contributed by atoms with Gasteiger partial charge in [0.1, 0.15) is 6.29 Å². The lowest BCUT2D eigenvalue weighted by molar-refractivity contribution is -0.187. The van der Waals surface area contributed by atoms with E-state index in [-0.39, 0.29) is 19.5 Å². The molecule has 0 aliphatic heterocycles. The molecule has 0 spiro atoms. The molecule has 0 saturated heterocycles. The Kier molecular flexibility index (Phi) is 11.3. The molecule has 0 aromatic heterocycles. The number of rotatable bonds is 12. The predicted octanol–water partition coefficient (Wildman–Crippen LogP) is 2.25. The molecule has 6 heteroatoms. The number of aldehydes is 1. The lowest BCUT2D eigenvalue weighted by atomic mass is 10.1. The zero-order valence-corrected chi connectivity index (χ0v) is 10.7. The van der Waals surface area contributed by atoms with Gasteiger partial charge in [-0.3, -0.25) is 4.79 Å². The van der Waals surface area contributed by atoms with E-state index in [1.165, 1.54) is 0 Å². The molecule has 0 fully saturated rings. The second-order valence-corrected chi connectivity index (χ2v) is 4.18. The largest absolute Gasteiger partial charge is 0.303 e. The van der Waals surface area contributed by atoms with E-state index in [2.05, 4.69) is 5.18 Å². The molecule has 1 amide bonds. The predicted molar refractivity (Wildman–Crippen MR) is 66.1 cm³/mol. The minimum absolute atomic E-state index is 0.202. The molecule has 0 atom stereocenters. The minimum Gasteiger partial charge on any atom is -0.303 e. The minimum atomic E-state index is -0.399. The molecular weight excluding hydrogens is 236 g/mol. The smallest absolute Gasteiger partial charge is 0.248 e. The Balaban J connectivity index is 3.44. The first-order valence-corrected chi connectivity index (χ1v) is 6.42. The molecule has 1 radical (unpaired) electrons. The van der Waals surface area contributed by atoms with Gasteiger partial charge in [-0.25, -0.2) is 0 Å². The third-order valence-corrected chi connectivity index (χ3v) is 2.60. The van der Waals surface area contributed by atoms with E-state index in [4.69, 9.17) is 0 Å². The maximum Gasteiger partial charge on any atom is 0.248 e. The zero-order valence-electron chi connectivity index (χ0n) is 10.7. The highest BCUT2D eigenvalue weighted by atomic mass is 16.5. The number of carbonyl (C=O) groups excluding carboxylic acids is 2. The average Bonchev–Trinajstić information content (AvgIpc) is 2.37. The number of hydroxylamine groups is 2. The monoisotopic (exact) mass is 257 g/mol. The van der Waals surface area contributed by atoms with Crippen LogP contribution in [0.4, 0.5) is 0 Å². The summed E-state index contributed by atoms with van der Waals surface area (Å²) in [5, 5.41) is 14.5. The van der Waals surface area contributed by atoms with Crippen molar-refractivity contribution in [2.75, 3.05) is 13.1 Å². The van der Waals surface area contributed by atoms with Crippen molar-refractivity contribution in [2.45, 2.75) is 51.4 Å². The Bertz CT molecular complexity index is 246. The normalized spacial score (nSPS) is 10.1. The Morgan fingerprint density at radius 3 is 2.44 bits per heavy atom. The number of nitroso groups, excluding NO2 is 1. The highest BCUT2D eigenvalue weighted by Gasteiger charge is 2.11. The molecule has 0 aliphatic rings. The SMILES string of the molecule is [O]N(CCCCCC=O)C(=O)CCCCCN=O. The van der Waals surface area contributed by atoms with E-state index in [9.17, 15) is 19.7 Å². The Hall–Kier alpha value is -1.30. The number of hydrogen-bond acceptors (Lipinski definition) is 4. The van der Waals surface area contributed by atoms with Gasteiger partial charge >= 0.3 is 0 Å². The number of amides is 1. The van der Waals surface area contributed by atoms with Crippen LogP contribution in [0.25, 0.3) is 0 Å². The molecule has 18 heavy (non-hydrogen) atoms. The average molecular weight is 257 g/mol. The molecule has 0 N–H and O–H groups in total. The van der Waals surface area contributed by atoms with Gasteiger partial charge in [0.15, 0.2) is 0 Å². The Morgan fingerprint density at radius 2 is 1.78 bits per heavy atom. The van der Waals surface area contributed by atoms with Crippen LogP contribution in [-0.2, 0) is 14.8 Å². The van der Waals surface area contributed by atoms with Crippen LogP contribution in [0.2, 0.25) is 0 Å². The second-order valence-electron chi connectivity index (χ2n) is 4.18. The van der Waals surface area contributed by atoms with E-state index in [0.29, 0.717) is 30.7 Å². The third-order valence-electron chi connectivity index (χ3n) is 2.60. The fourth-order valence-corrected chi connectivity index (χ4v) is 1.54. The lowest BCUT2D eigenvalue weighted by Gasteiger charge is -2.11. The lowest BCUT2D eigenvalue weighted by Crippen LogP contribution is -2.26. The summed E-state index contributed by atoms with van der Waals surface area (Å²) in [7, 11) is 0. The topological polar surface area (TPSA) is 86.7 Å². The molecule has 0 unspecified atom stereocenters. The van der Waals surface area contributed by atoms with Gasteiger partial charge < -0.3 is 4.79 Å². The highest BCUT2D eigenvalue weighted by molar-refractivity contribution is 5.74. The number of hydrogen-bond donors (Lipinski definition) is 0. The quantitative estimate of drug-likeness (QED) is 0.232. The molecule has 0 rings (SSSR count). The number of unbranched alkanes of at least 4 members (excludes halogenated alkanes) is 5. The van der Waals surface area contributed by atoms with Gasteiger partial charge in [-0.05, 0) is 25.7 Å². The van der Waals surface area contributed by atoms with Crippen LogP contribution < -0.4 is 0 Å². The second kappa shape index (κ2) is 12.2.